The summed E-state index contributed by atoms with van der Waals surface area (Å²) in [4.78, 5) is 0. The van der Waals surface area contributed by atoms with Gasteiger partial charge in [0.15, 0.2) is 5.69 Å². The molecule has 0 radical (unpaired) electrons. The lowest BCUT2D eigenvalue weighted by molar-refractivity contribution is -0.611. The Hall–Kier alpha value is -0.760. The summed E-state index contributed by atoms with van der Waals surface area (Å²) in [6.45, 7) is 0. The van der Waals surface area contributed by atoms with Gasteiger partial charge in [-0.15, -0.1) is 0 Å². The SMILES string of the molecule is [O-][n+]1c(Cl)ccc2c1CCC2. The lowest BCUT2D eigenvalue weighted by atomic mass is 10.2. The van der Waals surface area contributed by atoms with Crippen LogP contribution >= 0.6 is 11.6 Å². The third-order valence-electron chi connectivity index (χ3n) is 2.09. The molecule has 3 heteroatoms. The Balaban J connectivity index is 2.62. The Morgan fingerprint density at radius 1 is 1.36 bits per heavy atom. The normalized spacial score (nSPS) is 15.0. The summed E-state index contributed by atoms with van der Waals surface area (Å²) in [5.74, 6) is 0. The van der Waals surface area contributed by atoms with Crippen LogP contribution in [0.15, 0.2) is 12.1 Å². The fourth-order valence-corrected chi connectivity index (χ4v) is 1.69. The zero-order chi connectivity index (χ0) is 7.84. The largest absolute Gasteiger partial charge is 0.617 e. The van der Waals surface area contributed by atoms with E-state index in [1.807, 2.05) is 6.07 Å². The first-order chi connectivity index (χ1) is 5.29. The molecule has 11 heavy (non-hydrogen) atoms. The number of nitrogens with zero attached hydrogens (tertiary/aromatic N) is 1. The molecule has 1 aliphatic rings. The molecule has 0 atom stereocenters. The number of fused-ring (bicyclic) bond motifs is 1. The molecule has 0 saturated heterocycles. The van der Waals surface area contributed by atoms with Crippen LogP contribution in [-0.2, 0) is 12.8 Å². The van der Waals surface area contributed by atoms with E-state index >= 15 is 0 Å². The average molecular weight is 170 g/mol. The van der Waals surface area contributed by atoms with Crippen molar-refractivity contribution >= 4 is 11.6 Å². The topological polar surface area (TPSA) is 26.9 Å². The third kappa shape index (κ3) is 0.979. The first-order valence-electron chi connectivity index (χ1n) is 3.69. The minimum Gasteiger partial charge on any atom is -0.617 e. The molecule has 0 aliphatic heterocycles. The molecule has 0 bridgehead atoms. The van der Waals surface area contributed by atoms with Crippen LogP contribution in [0.5, 0.6) is 0 Å². The van der Waals surface area contributed by atoms with Crippen LogP contribution in [0.3, 0.4) is 0 Å². The minimum atomic E-state index is 0.283. The number of aryl methyl sites for hydroxylation is 1. The van der Waals surface area contributed by atoms with Gasteiger partial charge >= 0.3 is 0 Å². The highest BCUT2D eigenvalue weighted by Gasteiger charge is 2.20. The van der Waals surface area contributed by atoms with E-state index in [0.29, 0.717) is 0 Å². The fourth-order valence-electron chi connectivity index (χ4n) is 1.53. The van der Waals surface area contributed by atoms with Crippen molar-refractivity contribution in [2.45, 2.75) is 19.3 Å². The summed E-state index contributed by atoms with van der Waals surface area (Å²) in [7, 11) is 0. The first kappa shape index (κ1) is 6.92. The van der Waals surface area contributed by atoms with Crippen LogP contribution in [-0.4, -0.2) is 0 Å². The highest BCUT2D eigenvalue weighted by atomic mass is 35.5. The van der Waals surface area contributed by atoms with Gasteiger partial charge in [-0.2, -0.15) is 4.73 Å². The average Bonchev–Trinajstić information content (AvgIpc) is 2.45. The number of hydrogen-bond acceptors (Lipinski definition) is 1. The van der Waals surface area contributed by atoms with Crippen molar-refractivity contribution in [3.05, 3.63) is 33.8 Å². The van der Waals surface area contributed by atoms with Crippen LogP contribution in [0.1, 0.15) is 17.7 Å². The Labute approximate surface area is 70.0 Å². The van der Waals surface area contributed by atoms with Gasteiger partial charge in [-0.25, -0.2) is 0 Å². The second-order valence-electron chi connectivity index (χ2n) is 2.78. The quantitative estimate of drug-likeness (QED) is 0.328. The van der Waals surface area contributed by atoms with Gasteiger partial charge in [0.1, 0.15) is 0 Å². The maximum Gasteiger partial charge on any atom is 0.286 e. The molecule has 0 amide bonds. The van der Waals surface area contributed by atoms with Crippen molar-refractivity contribution in [2.75, 3.05) is 0 Å². The van der Waals surface area contributed by atoms with E-state index < -0.39 is 0 Å². The van der Waals surface area contributed by atoms with Gasteiger partial charge in [0.25, 0.3) is 5.15 Å². The van der Waals surface area contributed by atoms with Gasteiger partial charge < -0.3 is 5.21 Å². The second kappa shape index (κ2) is 2.38. The molecule has 1 heterocycles. The summed E-state index contributed by atoms with van der Waals surface area (Å²) >= 11 is 5.64. The van der Waals surface area contributed by atoms with Crippen molar-refractivity contribution in [1.29, 1.82) is 0 Å². The number of aromatic nitrogens is 1. The van der Waals surface area contributed by atoms with Crippen LogP contribution in [0, 0.1) is 5.21 Å². The highest BCUT2D eigenvalue weighted by molar-refractivity contribution is 6.28. The lowest BCUT2D eigenvalue weighted by Gasteiger charge is -2.03. The third-order valence-corrected chi connectivity index (χ3v) is 2.37. The van der Waals surface area contributed by atoms with Gasteiger partial charge in [0.2, 0.25) is 0 Å². The Morgan fingerprint density at radius 2 is 2.18 bits per heavy atom. The van der Waals surface area contributed by atoms with Crippen LogP contribution in [0.2, 0.25) is 5.15 Å². The van der Waals surface area contributed by atoms with Gasteiger partial charge in [-0.3, -0.25) is 0 Å². The number of halogens is 1. The molecule has 2 rings (SSSR count). The fraction of sp³-hybridized carbons (Fsp3) is 0.375. The van der Waals surface area contributed by atoms with Gasteiger partial charge in [-0.1, -0.05) is 0 Å². The summed E-state index contributed by atoms with van der Waals surface area (Å²) in [6, 6.07) is 3.61. The Morgan fingerprint density at radius 3 is 3.00 bits per heavy atom. The monoisotopic (exact) mass is 169 g/mol. The van der Waals surface area contributed by atoms with E-state index in [1.165, 1.54) is 0 Å². The first-order valence-corrected chi connectivity index (χ1v) is 4.06. The van der Waals surface area contributed by atoms with Crippen molar-refractivity contribution in [3.63, 3.8) is 0 Å². The van der Waals surface area contributed by atoms with E-state index in [1.54, 1.807) is 6.07 Å². The van der Waals surface area contributed by atoms with Crippen LogP contribution < -0.4 is 4.73 Å². The van der Waals surface area contributed by atoms with Crippen molar-refractivity contribution in [2.24, 2.45) is 0 Å². The molecule has 0 unspecified atom stereocenters. The number of rotatable bonds is 0. The summed E-state index contributed by atoms with van der Waals surface area (Å²) < 4.78 is 0.837. The molecule has 1 aliphatic carbocycles. The van der Waals surface area contributed by atoms with E-state index in [2.05, 4.69) is 0 Å². The summed E-state index contributed by atoms with van der Waals surface area (Å²) in [5.41, 5.74) is 2.02. The maximum atomic E-state index is 11.2. The van der Waals surface area contributed by atoms with Crippen LogP contribution in [0.4, 0.5) is 0 Å². The lowest BCUT2D eigenvalue weighted by Crippen LogP contribution is -2.32. The molecule has 1 aromatic rings. The predicted octanol–water partition coefficient (Wildman–Crippen LogP) is 1.46. The van der Waals surface area contributed by atoms with E-state index in [4.69, 9.17) is 11.6 Å². The standard InChI is InChI=1S/C8H8ClNO/c9-8-5-4-6-2-1-3-7(6)10(8)11/h4-5H,1-3H2. The second-order valence-corrected chi connectivity index (χ2v) is 3.16. The smallest absolute Gasteiger partial charge is 0.286 e. The molecule has 0 fully saturated rings. The van der Waals surface area contributed by atoms with E-state index in [9.17, 15) is 5.21 Å². The summed E-state index contributed by atoms with van der Waals surface area (Å²) in [5, 5.41) is 11.5. The van der Waals surface area contributed by atoms with E-state index in [-0.39, 0.29) is 5.15 Å². The molecule has 2 nitrogen and oxygen atoms in total. The van der Waals surface area contributed by atoms with E-state index in [0.717, 1.165) is 35.3 Å². The van der Waals surface area contributed by atoms with Crippen LogP contribution in [0.25, 0.3) is 0 Å². The zero-order valence-corrected chi connectivity index (χ0v) is 6.77. The van der Waals surface area contributed by atoms with Crippen molar-refractivity contribution in [1.82, 2.24) is 0 Å². The predicted molar refractivity (Wildman–Crippen MR) is 42.4 cm³/mol. The Kier molecular flexibility index (Phi) is 1.50. The van der Waals surface area contributed by atoms with Gasteiger partial charge in [-0.05, 0) is 30.5 Å². The number of pyridine rings is 1. The molecule has 0 aromatic carbocycles. The highest BCUT2D eigenvalue weighted by Crippen LogP contribution is 2.19. The molecular weight excluding hydrogens is 162 g/mol. The zero-order valence-electron chi connectivity index (χ0n) is 6.01. The van der Waals surface area contributed by atoms with Gasteiger partial charge in [0.05, 0.1) is 0 Å². The molecular formula is C8H8ClNO. The minimum absolute atomic E-state index is 0.283. The van der Waals surface area contributed by atoms with Crippen molar-refractivity contribution in [3.8, 4) is 0 Å². The molecule has 58 valence electrons. The summed E-state index contributed by atoms with van der Waals surface area (Å²) in [6.07, 6.45) is 2.98. The van der Waals surface area contributed by atoms with Gasteiger partial charge in [0, 0.05) is 18.1 Å². The maximum absolute atomic E-state index is 11.2. The van der Waals surface area contributed by atoms with Crippen molar-refractivity contribution < 1.29 is 4.73 Å². The molecule has 1 aromatic heterocycles. The number of hydrogen-bond donors (Lipinski definition) is 0. The Bertz CT molecular complexity index is 298. The molecule has 0 spiro atoms. The molecule has 0 N–H and O–H groups in total. The molecule has 0 saturated carbocycles.